The first kappa shape index (κ1) is 21.5. The molecule has 0 spiro atoms. The fourth-order valence-corrected chi connectivity index (χ4v) is 2.69. The van der Waals surface area contributed by atoms with Gasteiger partial charge in [-0.1, -0.05) is 13.8 Å². The monoisotopic (exact) mass is 392 g/mol. The van der Waals surface area contributed by atoms with Gasteiger partial charge in [0.05, 0.1) is 18.3 Å². The Kier molecular flexibility index (Phi) is 7.27. The molecule has 154 valence electrons. The number of anilines is 2. The van der Waals surface area contributed by atoms with Crippen molar-refractivity contribution in [3.05, 3.63) is 6.33 Å². The van der Waals surface area contributed by atoms with Gasteiger partial charge in [-0.05, 0) is 13.3 Å². The summed E-state index contributed by atoms with van der Waals surface area (Å²) in [6.07, 6.45) is 1.99. The maximum absolute atomic E-state index is 11.7. The molecule has 0 aliphatic heterocycles. The van der Waals surface area contributed by atoms with Crippen LogP contribution in [0.3, 0.4) is 0 Å². The number of aromatic nitrogens is 4. The van der Waals surface area contributed by atoms with Crippen LogP contribution in [0.5, 0.6) is 0 Å². The molecule has 10 heteroatoms. The zero-order chi connectivity index (χ0) is 20.8. The van der Waals surface area contributed by atoms with Gasteiger partial charge in [0.2, 0.25) is 11.9 Å². The van der Waals surface area contributed by atoms with Crippen molar-refractivity contribution in [3.63, 3.8) is 0 Å². The standard InChI is InChI=1S/C18H28N6O4/c1-10(2)17(26)28-8-13(27-6)7-11(3)24-9-20-14-15(19-5)22-18(21-12(4)25)23-16(14)24/h9-11,13H,7-8H2,1-6H3,(H2,19,21,22,23,25). The number of nitrogens with zero attached hydrogens (tertiary/aromatic N) is 4. The Morgan fingerprint density at radius 1 is 1.25 bits per heavy atom. The van der Waals surface area contributed by atoms with Crippen LogP contribution in [0.25, 0.3) is 11.2 Å². The Morgan fingerprint density at radius 3 is 2.54 bits per heavy atom. The lowest BCUT2D eigenvalue weighted by Crippen LogP contribution is -2.25. The maximum atomic E-state index is 11.7. The molecular formula is C18H28N6O4. The van der Waals surface area contributed by atoms with Gasteiger partial charge in [0.1, 0.15) is 6.61 Å². The number of nitrogens with one attached hydrogen (secondary N) is 2. The van der Waals surface area contributed by atoms with Crippen LogP contribution < -0.4 is 10.6 Å². The third-order valence-corrected chi connectivity index (χ3v) is 4.24. The van der Waals surface area contributed by atoms with E-state index in [9.17, 15) is 9.59 Å². The van der Waals surface area contributed by atoms with E-state index in [1.54, 1.807) is 34.3 Å². The molecule has 0 aliphatic carbocycles. The lowest BCUT2D eigenvalue weighted by Gasteiger charge is -2.21. The summed E-state index contributed by atoms with van der Waals surface area (Å²) in [6, 6.07) is -0.0440. The highest BCUT2D eigenvalue weighted by Gasteiger charge is 2.21. The van der Waals surface area contributed by atoms with E-state index in [1.807, 2.05) is 11.5 Å². The predicted molar refractivity (Wildman–Crippen MR) is 105 cm³/mol. The summed E-state index contributed by atoms with van der Waals surface area (Å²) in [7, 11) is 3.31. The minimum absolute atomic E-state index is 0.0440. The molecule has 2 aromatic heterocycles. The lowest BCUT2D eigenvalue weighted by molar-refractivity contribution is -0.151. The number of amides is 1. The number of esters is 1. The van der Waals surface area contributed by atoms with Crippen molar-refractivity contribution >= 4 is 34.8 Å². The van der Waals surface area contributed by atoms with Gasteiger partial charge in [-0.2, -0.15) is 9.97 Å². The summed E-state index contributed by atoms with van der Waals surface area (Å²) in [6.45, 7) is 7.15. The van der Waals surface area contributed by atoms with Crippen LogP contribution in [0.15, 0.2) is 6.33 Å². The van der Waals surface area contributed by atoms with Crippen molar-refractivity contribution in [1.82, 2.24) is 19.5 Å². The van der Waals surface area contributed by atoms with E-state index >= 15 is 0 Å². The van der Waals surface area contributed by atoms with Crippen molar-refractivity contribution in [2.45, 2.75) is 46.3 Å². The van der Waals surface area contributed by atoms with Crippen LogP contribution in [0.2, 0.25) is 0 Å². The van der Waals surface area contributed by atoms with Gasteiger partial charge < -0.3 is 19.4 Å². The Morgan fingerprint density at radius 2 is 1.96 bits per heavy atom. The summed E-state index contributed by atoms with van der Waals surface area (Å²) in [4.78, 5) is 36.2. The number of carbonyl (C=O) groups excluding carboxylic acids is 2. The number of rotatable bonds is 9. The number of ether oxygens (including phenoxy) is 2. The first-order valence-corrected chi connectivity index (χ1v) is 9.16. The third kappa shape index (κ3) is 5.16. The number of fused-ring (bicyclic) bond motifs is 1. The van der Waals surface area contributed by atoms with Crippen LogP contribution in [0.1, 0.15) is 40.2 Å². The highest BCUT2D eigenvalue weighted by atomic mass is 16.6. The van der Waals surface area contributed by atoms with E-state index in [0.717, 1.165) is 0 Å². The molecule has 0 radical (unpaired) electrons. The molecule has 2 heterocycles. The molecule has 0 fully saturated rings. The van der Waals surface area contributed by atoms with E-state index in [4.69, 9.17) is 9.47 Å². The first-order chi connectivity index (χ1) is 13.3. The van der Waals surface area contributed by atoms with Crippen LogP contribution >= 0.6 is 0 Å². The topological polar surface area (TPSA) is 120 Å². The van der Waals surface area contributed by atoms with Gasteiger partial charge in [0.25, 0.3) is 0 Å². The number of imidazole rings is 1. The SMILES string of the molecule is CNc1nc(NC(C)=O)nc2c1ncn2C(C)CC(COC(=O)C(C)C)OC. The van der Waals surface area contributed by atoms with Crippen molar-refractivity contribution in [2.75, 3.05) is 31.4 Å². The Hall–Kier alpha value is -2.75. The maximum Gasteiger partial charge on any atom is 0.308 e. The molecule has 0 saturated carbocycles. The van der Waals surface area contributed by atoms with Gasteiger partial charge in [-0.25, -0.2) is 4.98 Å². The third-order valence-electron chi connectivity index (χ3n) is 4.24. The Labute approximate surface area is 164 Å². The largest absolute Gasteiger partial charge is 0.463 e. The van der Waals surface area contributed by atoms with Crippen LogP contribution in [0.4, 0.5) is 11.8 Å². The fourth-order valence-electron chi connectivity index (χ4n) is 2.69. The average molecular weight is 392 g/mol. The van der Waals surface area contributed by atoms with Gasteiger partial charge >= 0.3 is 5.97 Å². The smallest absolute Gasteiger partial charge is 0.308 e. The molecule has 0 aromatic carbocycles. The van der Waals surface area contributed by atoms with Crippen LogP contribution in [-0.2, 0) is 19.1 Å². The predicted octanol–water partition coefficient (Wildman–Crippen LogP) is 1.99. The summed E-state index contributed by atoms with van der Waals surface area (Å²) in [5.41, 5.74) is 1.19. The second-order valence-electron chi connectivity index (χ2n) is 6.88. The van der Waals surface area contributed by atoms with E-state index in [-0.39, 0.29) is 42.5 Å². The van der Waals surface area contributed by atoms with Gasteiger partial charge in [-0.15, -0.1) is 0 Å². The van der Waals surface area contributed by atoms with Crippen molar-refractivity contribution in [2.24, 2.45) is 5.92 Å². The Balaban J connectivity index is 2.22. The van der Waals surface area contributed by atoms with Crippen molar-refractivity contribution in [3.8, 4) is 0 Å². The van der Waals surface area contributed by atoms with Crippen molar-refractivity contribution in [1.29, 1.82) is 0 Å². The molecule has 2 rings (SSSR count). The first-order valence-electron chi connectivity index (χ1n) is 9.16. The lowest BCUT2D eigenvalue weighted by atomic mass is 10.1. The van der Waals surface area contributed by atoms with Gasteiger partial charge in [0.15, 0.2) is 17.0 Å². The van der Waals surface area contributed by atoms with Crippen molar-refractivity contribution < 1.29 is 19.1 Å². The minimum Gasteiger partial charge on any atom is -0.463 e. The highest BCUT2D eigenvalue weighted by molar-refractivity contribution is 5.90. The average Bonchev–Trinajstić information content (AvgIpc) is 3.07. The summed E-state index contributed by atoms with van der Waals surface area (Å²) >= 11 is 0. The molecule has 0 aliphatic rings. The normalized spacial score (nSPS) is 13.4. The number of hydrogen-bond donors (Lipinski definition) is 2. The van der Waals surface area contributed by atoms with Crippen LogP contribution in [0, 0.1) is 5.92 Å². The quantitative estimate of drug-likeness (QED) is 0.622. The molecule has 0 bridgehead atoms. The van der Waals surface area contributed by atoms with E-state index in [1.165, 1.54) is 6.92 Å². The molecule has 28 heavy (non-hydrogen) atoms. The zero-order valence-electron chi connectivity index (χ0n) is 17.1. The molecule has 2 unspecified atom stereocenters. The van der Waals surface area contributed by atoms with Gasteiger partial charge in [-0.3, -0.25) is 14.9 Å². The van der Waals surface area contributed by atoms with E-state index in [0.29, 0.717) is 23.4 Å². The van der Waals surface area contributed by atoms with Gasteiger partial charge in [0, 0.05) is 27.1 Å². The zero-order valence-corrected chi connectivity index (χ0v) is 17.1. The summed E-state index contributed by atoms with van der Waals surface area (Å²) in [5.74, 6) is 0.0266. The molecule has 10 nitrogen and oxygen atoms in total. The number of carbonyl (C=O) groups is 2. The summed E-state index contributed by atoms with van der Waals surface area (Å²) < 4.78 is 12.6. The minimum atomic E-state index is -0.268. The molecular weight excluding hydrogens is 364 g/mol. The fraction of sp³-hybridized carbons (Fsp3) is 0.611. The molecule has 0 saturated heterocycles. The molecule has 2 N–H and O–H groups in total. The summed E-state index contributed by atoms with van der Waals surface area (Å²) in [5, 5.41) is 5.57. The second kappa shape index (κ2) is 9.45. The molecule has 2 aromatic rings. The number of methoxy groups -OCH3 is 1. The molecule has 2 atom stereocenters. The Bertz CT molecular complexity index is 835. The molecule has 1 amide bonds. The number of hydrogen-bond acceptors (Lipinski definition) is 8. The highest BCUT2D eigenvalue weighted by Crippen LogP contribution is 2.25. The van der Waals surface area contributed by atoms with E-state index in [2.05, 4.69) is 25.6 Å². The van der Waals surface area contributed by atoms with Crippen LogP contribution in [-0.4, -0.2) is 58.3 Å². The van der Waals surface area contributed by atoms with E-state index < -0.39 is 0 Å². The second-order valence-corrected chi connectivity index (χ2v) is 6.88.